The van der Waals surface area contributed by atoms with Crippen molar-refractivity contribution in [3.63, 3.8) is 0 Å². The maximum atomic E-state index is 12.4. The lowest BCUT2D eigenvalue weighted by Gasteiger charge is -2.17. The molecule has 104 valence electrons. The summed E-state index contributed by atoms with van der Waals surface area (Å²) in [6.07, 6.45) is 0. The van der Waals surface area contributed by atoms with Crippen LogP contribution in [0.15, 0.2) is 48.5 Å². The number of rotatable bonds is 3. The molecule has 3 rings (SSSR count). The molecule has 1 aliphatic heterocycles. The summed E-state index contributed by atoms with van der Waals surface area (Å²) >= 11 is 0. The molecule has 0 unspecified atom stereocenters. The van der Waals surface area contributed by atoms with Gasteiger partial charge in [-0.05, 0) is 17.7 Å². The fraction of sp³-hybridized carbons (Fsp3) is 0.176. The van der Waals surface area contributed by atoms with E-state index in [1.807, 2.05) is 18.2 Å². The molecule has 0 radical (unpaired) electrons. The molecule has 2 amide bonds. The molecular weight excluding hydrogens is 261 g/mol. The molecule has 0 atom stereocenters. The smallest absolute Gasteiger partial charge is 0.261 e. The molecule has 3 nitrogen and oxygen atoms in total. The molecule has 0 saturated heterocycles. The van der Waals surface area contributed by atoms with Crippen LogP contribution in [0.1, 0.15) is 26.3 Å². The Morgan fingerprint density at radius 1 is 0.857 bits per heavy atom. The van der Waals surface area contributed by atoms with E-state index >= 15 is 0 Å². The molecule has 0 aliphatic carbocycles. The second-order valence-corrected chi connectivity index (χ2v) is 5.60. The lowest BCUT2D eigenvalue weighted by molar-refractivity contribution is 0.0643. The summed E-state index contributed by atoms with van der Waals surface area (Å²) in [5.41, 5.74) is 3.21. The number of nitrogens with zero attached hydrogens (tertiary/aromatic N) is 1. The first-order valence-corrected chi connectivity index (χ1v) is 7.12. The molecule has 2 aromatic rings. The summed E-state index contributed by atoms with van der Waals surface area (Å²) in [5.74, 6) is -0.400. The monoisotopic (exact) mass is 277 g/mol. The molecule has 21 heavy (non-hydrogen) atoms. The minimum atomic E-state index is -0.200. The molecule has 1 aliphatic rings. The zero-order chi connectivity index (χ0) is 15.0. The van der Waals surface area contributed by atoms with Gasteiger partial charge in [0.25, 0.3) is 11.8 Å². The molecule has 0 bridgehead atoms. The first-order chi connectivity index (χ1) is 10.1. The molecule has 4 heteroatoms. The number of carbonyl (C=O) groups excluding carboxylic acids is 2. The standard InChI is InChI=1S/C17H16BNO2/c1-18(2)15-10-6-3-7-12(15)11-19-16(20)13-8-4-5-9-14(13)17(19)21/h3-10H,11H2,1-2H3. The summed E-state index contributed by atoms with van der Waals surface area (Å²) < 4.78 is 0. The highest BCUT2D eigenvalue weighted by Gasteiger charge is 2.35. The number of carbonyl (C=O) groups is 2. The van der Waals surface area contributed by atoms with Crippen molar-refractivity contribution in [2.75, 3.05) is 0 Å². The van der Waals surface area contributed by atoms with E-state index in [4.69, 9.17) is 0 Å². The van der Waals surface area contributed by atoms with Crippen molar-refractivity contribution in [3.05, 3.63) is 65.2 Å². The van der Waals surface area contributed by atoms with Crippen LogP contribution < -0.4 is 5.46 Å². The topological polar surface area (TPSA) is 37.4 Å². The minimum Gasteiger partial charge on any atom is -0.270 e. The zero-order valence-electron chi connectivity index (χ0n) is 12.2. The fourth-order valence-electron chi connectivity index (χ4n) is 2.79. The normalized spacial score (nSPS) is 13.5. The summed E-state index contributed by atoms with van der Waals surface area (Å²) in [4.78, 5) is 26.1. The third-order valence-corrected chi connectivity index (χ3v) is 3.88. The third-order valence-electron chi connectivity index (χ3n) is 3.88. The van der Waals surface area contributed by atoms with Crippen molar-refractivity contribution in [2.24, 2.45) is 0 Å². The average Bonchev–Trinajstić information content (AvgIpc) is 2.73. The van der Waals surface area contributed by atoms with E-state index in [2.05, 4.69) is 19.7 Å². The Bertz CT molecular complexity index is 689. The second-order valence-electron chi connectivity index (χ2n) is 5.60. The molecule has 0 fully saturated rings. The Kier molecular flexibility index (Phi) is 3.38. The number of hydrogen-bond acceptors (Lipinski definition) is 2. The number of benzene rings is 2. The predicted octanol–water partition coefficient (Wildman–Crippen LogP) is 2.44. The third kappa shape index (κ3) is 2.27. The van der Waals surface area contributed by atoms with Crippen LogP contribution in [-0.2, 0) is 6.54 Å². The maximum absolute atomic E-state index is 12.4. The Labute approximate surface area is 124 Å². The Balaban J connectivity index is 1.95. The molecular formula is C17H16BNO2. The van der Waals surface area contributed by atoms with Crippen LogP contribution in [-0.4, -0.2) is 23.4 Å². The van der Waals surface area contributed by atoms with Crippen molar-refractivity contribution >= 4 is 24.0 Å². The number of fused-ring (bicyclic) bond motifs is 1. The van der Waals surface area contributed by atoms with Gasteiger partial charge in [-0.3, -0.25) is 14.5 Å². The van der Waals surface area contributed by atoms with E-state index in [0.717, 1.165) is 5.56 Å². The van der Waals surface area contributed by atoms with Crippen LogP contribution in [0.3, 0.4) is 0 Å². The van der Waals surface area contributed by atoms with Crippen LogP contribution in [0.4, 0.5) is 0 Å². The van der Waals surface area contributed by atoms with Gasteiger partial charge in [0.2, 0.25) is 0 Å². The lowest BCUT2D eigenvalue weighted by atomic mass is 9.48. The summed E-state index contributed by atoms with van der Waals surface area (Å²) in [6.45, 7) is 4.92. The van der Waals surface area contributed by atoms with Gasteiger partial charge >= 0.3 is 0 Å². The van der Waals surface area contributed by atoms with Gasteiger partial charge in [0.05, 0.1) is 17.7 Å². The van der Waals surface area contributed by atoms with Crippen molar-refractivity contribution in [2.45, 2.75) is 20.2 Å². The molecule has 0 N–H and O–H groups in total. The fourth-order valence-corrected chi connectivity index (χ4v) is 2.79. The number of imide groups is 1. The highest BCUT2D eigenvalue weighted by atomic mass is 16.2. The highest BCUT2D eigenvalue weighted by Crippen LogP contribution is 2.23. The van der Waals surface area contributed by atoms with Crippen molar-refractivity contribution in [1.29, 1.82) is 0 Å². The van der Waals surface area contributed by atoms with Gasteiger partial charge in [0, 0.05) is 0 Å². The van der Waals surface area contributed by atoms with Gasteiger partial charge in [0.15, 0.2) is 6.71 Å². The molecule has 0 spiro atoms. The van der Waals surface area contributed by atoms with E-state index in [0.29, 0.717) is 24.4 Å². The van der Waals surface area contributed by atoms with E-state index in [1.54, 1.807) is 24.3 Å². The Morgan fingerprint density at radius 3 is 1.95 bits per heavy atom. The van der Waals surface area contributed by atoms with Gasteiger partial charge in [-0.2, -0.15) is 0 Å². The Morgan fingerprint density at radius 2 is 1.38 bits per heavy atom. The van der Waals surface area contributed by atoms with Gasteiger partial charge in [-0.15, -0.1) is 0 Å². The first kappa shape index (κ1) is 13.6. The van der Waals surface area contributed by atoms with Gasteiger partial charge in [0.1, 0.15) is 0 Å². The summed E-state index contributed by atoms with van der Waals surface area (Å²) in [5, 5.41) is 0. The van der Waals surface area contributed by atoms with Crippen molar-refractivity contribution in [3.8, 4) is 0 Å². The number of amides is 2. The van der Waals surface area contributed by atoms with Crippen LogP contribution in [0.25, 0.3) is 0 Å². The van der Waals surface area contributed by atoms with Crippen LogP contribution in [0, 0.1) is 0 Å². The first-order valence-electron chi connectivity index (χ1n) is 7.12. The average molecular weight is 277 g/mol. The van der Waals surface area contributed by atoms with E-state index in [1.165, 1.54) is 10.4 Å². The number of hydrogen-bond donors (Lipinski definition) is 0. The van der Waals surface area contributed by atoms with Crippen LogP contribution in [0.2, 0.25) is 13.6 Å². The van der Waals surface area contributed by atoms with Gasteiger partial charge in [-0.25, -0.2) is 0 Å². The van der Waals surface area contributed by atoms with E-state index < -0.39 is 0 Å². The molecule has 0 aromatic heterocycles. The summed E-state index contributed by atoms with van der Waals surface area (Å²) in [6, 6.07) is 15.0. The highest BCUT2D eigenvalue weighted by molar-refractivity contribution is 6.71. The van der Waals surface area contributed by atoms with Crippen molar-refractivity contribution in [1.82, 2.24) is 4.90 Å². The van der Waals surface area contributed by atoms with E-state index in [-0.39, 0.29) is 11.8 Å². The van der Waals surface area contributed by atoms with Gasteiger partial charge < -0.3 is 0 Å². The molecule has 1 heterocycles. The van der Waals surface area contributed by atoms with E-state index in [9.17, 15) is 9.59 Å². The molecule has 0 saturated carbocycles. The minimum absolute atomic E-state index is 0.200. The van der Waals surface area contributed by atoms with Gasteiger partial charge in [-0.1, -0.05) is 55.5 Å². The van der Waals surface area contributed by atoms with Crippen LogP contribution >= 0.6 is 0 Å². The van der Waals surface area contributed by atoms with Crippen LogP contribution in [0.5, 0.6) is 0 Å². The zero-order valence-corrected chi connectivity index (χ0v) is 12.2. The molecule has 2 aromatic carbocycles. The lowest BCUT2D eigenvalue weighted by Crippen LogP contribution is -2.34. The Hall–Kier alpha value is -2.36. The maximum Gasteiger partial charge on any atom is 0.261 e. The van der Waals surface area contributed by atoms with Crippen molar-refractivity contribution < 1.29 is 9.59 Å². The predicted molar refractivity (Wildman–Crippen MR) is 84.2 cm³/mol. The largest absolute Gasteiger partial charge is 0.270 e. The quantitative estimate of drug-likeness (QED) is 0.638. The second kappa shape index (κ2) is 5.21. The summed E-state index contributed by atoms with van der Waals surface area (Å²) in [7, 11) is 0. The SMILES string of the molecule is CB(C)c1ccccc1CN1C(=O)c2ccccc2C1=O.